The Balaban J connectivity index is 2.71. The van der Waals surface area contributed by atoms with E-state index in [1.807, 2.05) is 6.26 Å². The first-order valence-corrected chi connectivity index (χ1v) is 8.12. The lowest BCUT2D eigenvalue weighted by Gasteiger charge is -2.14. The molecule has 1 unspecified atom stereocenters. The third-order valence-corrected chi connectivity index (χ3v) is 3.68. The number of rotatable bonds is 5. The number of hydrogen-bond acceptors (Lipinski definition) is 5. The summed E-state index contributed by atoms with van der Waals surface area (Å²) in [5.41, 5.74) is 0.172. The average Bonchev–Trinajstić information content (AvgIpc) is 2.47. The summed E-state index contributed by atoms with van der Waals surface area (Å²) >= 11 is 7.41. The molecule has 1 aromatic carbocycles. The summed E-state index contributed by atoms with van der Waals surface area (Å²) in [6.07, 6.45) is 0.741. The fraction of sp³-hybridized carbons (Fsp3) is 0.357. The molecule has 0 radical (unpaired) electrons. The van der Waals surface area contributed by atoms with E-state index in [1.54, 1.807) is 25.1 Å². The first kappa shape index (κ1) is 18.3. The fourth-order valence-corrected chi connectivity index (χ4v) is 2.12. The van der Waals surface area contributed by atoms with Crippen LogP contribution in [0.1, 0.15) is 24.2 Å². The van der Waals surface area contributed by atoms with Crippen LogP contribution >= 0.6 is 23.4 Å². The molecule has 8 heteroatoms. The maximum absolute atomic E-state index is 12.1. The van der Waals surface area contributed by atoms with Crippen molar-refractivity contribution in [3.8, 4) is 0 Å². The molecule has 0 aliphatic rings. The second-order valence-electron chi connectivity index (χ2n) is 4.24. The molecule has 22 heavy (non-hydrogen) atoms. The van der Waals surface area contributed by atoms with E-state index < -0.39 is 24.0 Å². The average molecular weight is 345 g/mol. The van der Waals surface area contributed by atoms with Crippen molar-refractivity contribution in [1.82, 2.24) is 10.6 Å². The van der Waals surface area contributed by atoms with Crippen molar-refractivity contribution < 1.29 is 19.1 Å². The molecule has 3 amide bonds. The number of benzene rings is 1. The van der Waals surface area contributed by atoms with Crippen LogP contribution in [0.25, 0.3) is 0 Å². The smallest absolute Gasteiger partial charge is 0.340 e. The predicted molar refractivity (Wildman–Crippen MR) is 85.3 cm³/mol. The molecule has 1 rings (SSSR count). The van der Waals surface area contributed by atoms with Crippen molar-refractivity contribution in [3.63, 3.8) is 0 Å². The van der Waals surface area contributed by atoms with Gasteiger partial charge >= 0.3 is 12.0 Å². The zero-order valence-corrected chi connectivity index (χ0v) is 14.0. The lowest BCUT2D eigenvalue weighted by Crippen LogP contribution is -2.44. The van der Waals surface area contributed by atoms with Crippen molar-refractivity contribution in [2.45, 2.75) is 24.8 Å². The van der Waals surface area contributed by atoms with Crippen LogP contribution in [-0.4, -0.2) is 36.8 Å². The second kappa shape index (κ2) is 8.65. The van der Waals surface area contributed by atoms with Crippen molar-refractivity contribution >= 4 is 41.3 Å². The van der Waals surface area contributed by atoms with Crippen LogP contribution < -0.4 is 10.6 Å². The molecule has 0 aliphatic heterocycles. The minimum atomic E-state index is -1.12. The Kier molecular flexibility index (Phi) is 7.20. The monoisotopic (exact) mass is 344 g/mol. The molecule has 0 aromatic heterocycles. The lowest BCUT2D eigenvalue weighted by molar-refractivity contribution is -0.127. The van der Waals surface area contributed by atoms with Gasteiger partial charge < -0.3 is 10.1 Å². The molecular weight excluding hydrogens is 328 g/mol. The summed E-state index contributed by atoms with van der Waals surface area (Å²) in [4.78, 5) is 35.9. The summed E-state index contributed by atoms with van der Waals surface area (Å²) in [5, 5.41) is 4.71. The summed E-state index contributed by atoms with van der Waals surface area (Å²) in [7, 11) is 0. The Morgan fingerprint density at radius 1 is 1.36 bits per heavy atom. The number of ether oxygens (including phenoxy) is 1. The van der Waals surface area contributed by atoms with Gasteiger partial charge in [-0.3, -0.25) is 10.1 Å². The van der Waals surface area contributed by atoms with Crippen LogP contribution in [0.5, 0.6) is 0 Å². The molecule has 0 spiro atoms. The molecule has 1 atom stereocenters. The summed E-state index contributed by atoms with van der Waals surface area (Å²) < 4.78 is 5.03. The standard InChI is InChI=1S/C14H17ClN2O4S/c1-4-16-14(20)17-12(18)8(2)21-13(19)10-7-9(22-3)5-6-11(10)15/h5-8H,4H2,1-3H3,(H2,16,17,18,20). The number of thioether (sulfide) groups is 1. The topological polar surface area (TPSA) is 84.5 Å². The number of carbonyl (C=O) groups is 3. The van der Waals surface area contributed by atoms with E-state index in [2.05, 4.69) is 10.6 Å². The highest BCUT2D eigenvalue weighted by Crippen LogP contribution is 2.24. The summed E-state index contributed by atoms with van der Waals surface area (Å²) in [5.74, 6) is -1.43. The number of esters is 1. The number of amides is 3. The zero-order chi connectivity index (χ0) is 16.7. The van der Waals surface area contributed by atoms with Gasteiger partial charge in [0.2, 0.25) is 0 Å². The fourth-order valence-electron chi connectivity index (χ4n) is 1.48. The van der Waals surface area contributed by atoms with E-state index in [4.69, 9.17) is 16.3 Å². The molecule has 0 heterocycles. The number of carbonyl (C=O) groups excluding carboxylic acids is 3. The van der Waals surface area contributed by atoms with Gasteiger partial charge in [0.25, 0.3) is 5.91 Å². The Morgan fingerprint density at radius 3 is 2.64 bits per heavy atom. The van der Waals surface area contributed by atoms with E-state index >= 15 is 0 Å². The van der Waals surface area contributed by atoms with Gasteiger partial charge in [0.15, 0.2) is 6.10 Å². The van der Waals surface area contributed by atoms with Gasteiger partial charge in [-0.15, -0.1) is 11.8 Å². The van der Waals surface area contributed by atoms with Gasteiger partial charge in [0.1, 0.15) is 0 Å². The first-order valence-electron chi connectivity index (χ1n) is 6.52. The molecule has 0 aliphatic carbocycles. The van der Waals surface area contributed by atoms with Crippen LogP contribution in [0.15, 0.2) is 23.1 Å². The van der Waals surface area contributed by atoms with E-state index in [1.165, 1.54) is 18.7 Å². The van der Waals surface area contributed by atoms with Gasteiger partial charge in [0, 0.05) is 11.4 Å². The van der Waals surface area contributed by atoms with E-state index in [0.717, 1.165) is 4.90 Å². The van der Waals surface area contributed by atoms with Crippen LogP contribution in [-0.2, 0) is 9.53 Å². The highest BCUT2D eigenvalue weighted by Gasteiger charge is 2.22. The Morgan fingerprint density at radius 2 is 2.05 bits per heavy atom. The van der Waals surface area contributed by atoms with Crippen LogP contribution in [0.2, 0.25) is 5.02 Å². The maximum Gasteiger partial charge on any atom is 0.340 e. The zero-order valence-electron chi connectivity index (χ0n) is 12.4. The quantitative estimate of drug-likeness (QED) is 0.633. The van der Waals surface area contributed by atoms with Gasteiger partial charge in [-0.2, -0.15) is 0 Å². The predicted octanol–water partition coefficient (Wildman–Crippen LogP) is 2.45. The Hall–Kier alpha value is -1.73. The van der Waals surface area contributed by atoms with Crippen LogP contribution in [0, 0.1) is 0 Å². The largest absolute Gasteiger partial charge is 0.449 e. The van der Waals surface area contributed by atoms with Gasteiger partial charge in [-0.05, 0) is 38.3 Å². The van der Waals surface area contributed by atoms with Crippen molar-refractivity contribution in [3.05, 3.63) is 28.8 Å². The first-order chi connectivity index (χ1) is 10.4. The summed E-state index contributed by atoms with van der Waals surface area (Å²) in [6.45, 7) is 3.47. The highest BCUT2D eigenvalue weighted by atomic mass is 35.5. The molecule has 120 valence electrons. The number of hydrogen-bond donors (Lipinski definition) is 2. The molecule has 6 nitrogen and oxygen atoms in total. The molecule has 0 saturated carbocycles. The van der Waals surface area contributed by atoms with Gasteiger partial charge in [-0.1, -0.05) is 11.6 Å². The summed E-state index contributed by atoms with van der Waals surface area (Å²) in [6, 6.07) is 4.31. The highest BCUT2D eigenvalue weighted by molar-refractivity contribution is 7.98. The van der Waals surface area contributed by atoms with Crippen molar-refractivity contribution in [2.75, 3.05) is 12.8 Å². The SMILES string of the molecule is CCNC(=O)NC(=O)C(C)OC(=O)c1cc(SC)ccc1Cl. The van der Waals surface area contributed by atoms with Crippen molar-refractivity contribution in [2.24, 2.45) is 0 Å². The Labute approximate surface area is 137 Å². The number of halogens is 1. The second-order valence-corrected chi connectivity index (χ2v) is 5.53. The van der Waals surface area contributed by atoms with E-state index in [-0.39, 0.29) is 10.6 Å². The number of nitrogens with one attached hydrogen (secondary N) is 2. The third-order valence-electron chi connectivity index (χ3n) is 2.62. The molecule has 2 N–H and O–H groups in total. The molecule has 0 saturated heterocycles. The van der Waals surface area contributed by atoms with Crippen LogP contribution in [0.3, 0.4) is 0 Å². The molecule has 0 fully saturated rings. The van der Waals surface area contributed by atoms with Crippen molar-refractivity contribution in [1.29, 1.82) is 0 Å². The minimum absolute atomic E-state index is 0.172. The van der Waals surface area contributed by atoms with E-state index in [9.17, 15) is 14.4 Å². The number of imide groups is 1. The minimum Gasteiger partial charge on any atom is -0.449 e. The Bertz CT molecular complexity index is 580. The molecule has 1 aromatic rings. The molecular formula is C14H17ClN2O4S. The maximum atomic E-state index is 12.1. The number of urea groups is 1. The normalized spacial score (nSPS) is 11.5. The lowest BCUT2D eigenvalue weighted by atomic mass is 10.2. The molecule has 0 bridgehead atoms. The van der Waals surface area contributed by atoms with Gasteiger partial charge in [-0.25, -0.2) is 9.59 Å². The van der Waals surface area contributed by atoms with Gasteiger partial charge in [0.05, 0.1) is 10.6 Å². The van der Waals surface area contributed by atoms with Crippen LogP contribution in [0.4, 0.5) is 4.79 Å². The third kappa shape index (κ3) is 5.23. The van der Waals surface area contributed by atoms with E-state index in [0.29, 0.717) is 6.54 Å².